The summed E-state index contributed by atoms with van der Waals surface area (Å²) < 4.78 is 21.2. The summed E-state index contributed by atoms with van der Waals surface area (Å²) in [5.74, 6) is 1.48. The SMILES string of the molecule is CCOC(=O)C(C#N)=Cc1ccc(OCCOc2cccc(OC)c2)cc1. The molecular formula is C21H21NO5. The molecule has 0 aliphatic carbocycles. The maximum Gasteiger partial charge on any atom is 0.348 e. The maximum atomic E-state index is 11.6. The summed E-state index contributed by atoms with van der Waals surface area (Å²) in [5, 5.41) is 9.04. The quantitative estimate of drug-likeness (QED) is 0.292. The smallest absolute Gasteiger partial charge is 0.348 e. The number of nitriles is 1. The summed E-state index contributed by atoms with van der Waals surface area (Å²) in [7, 11) is 1.60. The van der Waals surface area contributed by atoms with Crippen LogP contribution in [0.15, 0.2) is 54.1 Å². The molecule has 6 nitrogen and oxygen atoms in total. The lowest BCUT2D eigenvalue weighted by Crippen LogP contribution is -2.09. The van der Waals surface area contributed by atoms with Gasteiger partial charge in [0.1, 0.15) is 42.1 Å². The number of hydrogen-bond acceptors (Lipinski definition) is 6. The van der Waals surface area contributed by atoms with Crippen molar-refractivity contribution in [2.24, 2.45) is 0 Å². The summed E-state index contributed by atoms with van der Waals surface area (Å²) in [6.07, 6.45) is 1.48. The molecule has 0 saturated carbocycles. The fourth-order valence-electron chi connectivity index (χ4n) is 2.18. The molecule has 0 amide bonds. The van der Waals surface area contributed by atoms with E-state index in [2.05, 4.69) is 0 Å². The Morgan fingerprint density at radius 2 is 1.70 bits per heavy atom. The van der Waals surface area contributed by atoms with Crippen LogP contribution in [0.25, 0.3) is 6.08 Å². The first-order valence-electron chi connectivity index (χ1n) is 8.45. The third kappa shape index (κ3) is 6.40. The van der Waals surface area contributed by atoms with Gasteiger partial charge in [-0.25, -0.2) is 4.79 Å². The fraction of sp³-hybridized carbons (Fsp3) is 0.238. The molecule has 0 bridgehead atoms. The zero-order valence-electron chi connectivity index (χ0n) is 15.3. The van der Waals surface area contributed by atoms with Gasteiger partial charge in [0.2, 0.25) is 0 Å². The normalized spacial score (nSPS) is 10.6. The highest BCUT2D eigenvalue weighted by molar-refractivity contribution is 5.97. The first-order valence-corrected chi connectivity index (χ1v) is 8.45. The molecule has 0 atom stereocenters. The molecule has 0 saturated heterocycles. The topological polar surface area (TPSA) is 77.8 Å². The summed E-state index contributed by atoms with van der Waals surface area (Å²) in [4.78, 5) is 11.6. The number of methoxy groups -OCH3 is 1. The summed E-state index contributed by atoms with van der Waals surface area (Å²) in [6, 6.07) is 16.2. The molecule has 0 radical (unpaired) electrons. The molecular weight excluding hydrogens is 346 g/mol. The van der Waals surface area contributed by atoms with Gasteiger partial charge < -0.3 is 18.9 Å². The van der Waals surface area contributed by atoms with Crippen molar-refractivity contribution >= 4 is 12.0 Å². The molecule has 0 heterocycles. The van der Waals surface area contributed by atoms with Gasteiger partial charge in [-0.1, -0.05) is 18.2 Å². The van der Waals surface area contributed by atoms with Gasteiger partial charge in [0.05, 0.1) is 13.7 Å². The molecule has 0 N–H and O–H groups in total. The zero-order valence-corrected chi connectivity index (χ0v) is 15.3. The minimum Gasteiger partial charge on any atom is -0.497 e. The number of carbonyl (C=O) groups is 1. The van der Waals surface area contributed by atoms with E-state index in [-0.39, 0.29) is 12.2 Å². The molecule has 2 aromatic carbocycles. The van der Waals surface area contributed by atoms with E-state index in [1.165, 1.54) is 6.08 Å². The highest BCUT2D eigenvalue weighted by Crippen LogP contribution is 2.19. The fourth-order valence-corrected chi connectivity index (χ4v) is 2.18. The molecule has 0 aliphatic heterocycles. The summed E-state index contributed by atoms with van der Waals surface area (Å²) in [5.41, 5.74) is 0.664. The van der Waals surface area contributed by atoms with E-state index < -0.39 is 5.97 Å². The van der Waals surface area contributed by atoms with Crippen LogP contribution in [0.4, 0.5) is 0 Å². The second kappa shape index (κ2) is 10.5. The van der Waals surface area contributed by atoms with Crippen molar-refractivity contribution in [1.29, 1.82) is 5.26 Å². The molecule has 0 aliphatic rings. The Labute approximate surface area is 158 Å². The number of ether oxygens (including phenoxy) is 4. The van der Waals surface area contributed by atoms with Gasteiger partial charge in [-0.15, -0.1) is 0 Å². The lowest BCUT2D eigenvalue weighted by atomic mass is 10.1. The van der Waals surface area contributed by atoms with Crippen LogP contribution >= 0.6 is 0 Å². The second-order valence-corrected chi connectivity index (χ2v) is 5.34. The van der Waals surface area contributed by atoms with Crippen LogP contribution in [0, 0.1) is 11.3 Å². The Hall–Kier alpha value is -3.46. The molecule has 140 valence electrons. The van der Waals surface area contributed by atoms with E-state index in [0.29, 0.717) is 30.3 Å². The Morgan fingerprint density at radius 3 is 2.33 bits per heavy atom. The lowest BCUT2D eigenvalue weighted by molar-refractivity contribution is -0.137. The van der Waals surface area contributed by atoms with Crippen molar-refractivity contribution in [2.45, 2.75) is 6.92 Å². The van der Waals surface area contributed by atoms with Gasteiger partial charge >= 0.3 is 5.97 Å². The van der Waals surface area contributed by atoms with Gasteiger partial charge in [0, 0.05) is 6.07 Å². The van der Waals surface area contributed by atoms with Crippen LogP contribution in [0.5, 0.6) is 17.2 Å². The first kappa shape index (κ1) is 19.9. The molecule has 0 aromatic heterocycles. The van der Waals surface area contributed by atoms with E-state index in [4.69, 9.17) is 24.2 Å². The predicted octanol–water partition coefficient (Wildman–Crippen LogP) is 3.62. The molecule has 0 spiro atoms. The number of rotatable bonds is 9. The molecule has 0 fully saturated rings. The standard InChI is InChI=1S/C21H21NO5/c1-3-25-21(23)17(15-22)13-16-7-9-18(10-8-16)26-11-12-27-20-6-4-5-19(14-20)24-2/h4-10,13-14H,3,11-12H2,1-2H3. The average Bonchev–Trinajstić information content (AvgIpc) is 2.70. The van der Waals surface area contributed by atoms with Gasteiger partial charge in [-0.05, 0) is 42.8 Å². The molecule has 6 heteroatoms. The second-order valence-electron chi connectivity index (χ2n) is 5.34. The van der Waals surface area contributed by atoms with Crippen molar-refractivity contribution in [3.63, 3.8) is 0 Å². The Balaban J connectivity index is 1.85. The van der Waals surface area contributed by atoms with Crippen LogP contribution in [-0.2, 0) is 9.53 Å². The number of benzene rings is 2. The number of esters is 1. The summed E-state index contributed by atoms with van der Waals surface area (Å²) >= 11 is 0. The molecule has 2 rings (SSSR count). The largest absolute Gasteiger partial charge is 0.497 e. The van der Waals surface area contributed by atoms with Gasteiger partial charge in [-0.3, -0.25) is 0 Å². The average molecular weight is 367 g/mol. The van der Waals surface area contributed by atoms with E-state index in [9.17, 15) is 4.79 Å². The Kier molecular flexibility index (Phi) is 7.73. The third-order valence-electron chi connectivity index (χ3n) is 3.47. The number of carbonyl (C=O) groups excluding carboxylic acids is 1. The zero-order chi connectivity index (χ0) is 19.5. The third-order valence-corrected chi connectivity index (χ3v) is 3.47. The van der Waals surface area contributed by atoms with E-state index in [0.717, 1.165) is 5.75 Å². The number of hydrogen-bond donors (Lipinski definition) is 0. The van der Waals surface area contributed by atoms with Crippen LogP contribution < -0.4 is 14.2 Å². The maximum absolute atomic E-state index is 11.6. The molecule has 0 unspecified atom stereocenters. The van der Waals surface area contributed by atoms with Crippen molar-refractivity contribution in [1.82, 2.24) is 0 Å². The van der Waals surface area contributed by atoms with Crippen molar-refractivity contribution in [3.8, 4) is 23.3 Å². The van der Waals surface area contributed by atoms with Gasteiger partial charge in [0.25, 0.3) is 0 Å². The van der Waals surface area contributed by atoms with Crippen molar-refractivity contribution < 1.29 is 23.7 Å². The van der Waals surface area contributed by atoms with E-state index in [1.54, 1.807) is 44.4 Å². The van der Waals surface area contributed by atoms with E-state index >= 15 is 0 Å². The number of nitrogens with zero attached hydrogens (tertiary/aromatic N) is 1. The van der Waals surface area contributed by atoms with Gasteiger partial charge in [-0.2, -0.15) is 5.26 Å². The molecule has 2 aromatic rings. The highest BCUT2D eigenvalue weighted by Gasteiger charge is 2.09. The van der Waals surface area contributed by atoms with Crippen molar-refractivity contribution in [2.75, 3.05) is 26.9 Å². The Bertz CT molecular complexity index is 821. The van der Waals surface area contributed by atoms with Crippen LogP contribution in [0.1, 0.15) is 12.5 Å². The van der Waals surface area contributed by atoms with Gasteiger partial charge in [0.15, 0.2) is 0 Å². The predicted molar refractivity (Wildman–Crippen MR) is 101 cm³/mol. The monoisotopic (exact) mass is 367 g/mol. The van der Waals surface area contributed by atoms with E-state index in [1.807, 2.05) is 24.3 Å². The van der Waals surface area contributed by atoms with Crippen molar-refractivity contribution in [3.05, 3.63) is 59.7 Å². The summed E-state index contributed by atoms with van der Waals surface area (Å²) in [6.45, 7) is 2.68. The lowest BCUT2D eigenvalue weighted by Gasteiger charge is -2.09. The Morgan fingerprint density at radius 1 is 1.04 bits per heavy atom. The van der Waals surface area contributed by atoms with Crippen LogP contribution in [-0.4, -0.2) is 32.9 Å². The first-order chi connectivity index (χ1) is 13.2. The van der Waals surface area contributed by atoms with Crippen LogP contribution in [0.3, 0.4) is 0 Å². The van der Waals surface area contributed by atoms with Crippen LogP contribution in [0.2, 0.25) is 0 Å². The highest BCUT2D eigenvalue weighted by atomic mass is 16.5. The minimum absolute atomic E-state index is 0.0443. The minimum atomic E-state index is -0.630. The molecule has 27 heavy (non-hydrogen) atoms.